The van der Waals surface area contributed by atoms with Crippen LogP contribution in [0.3, 0.4) is 0 Å². The molecule has 0 saturated heterocycles. The van der Waals surface area contributed by atoms with Crippen molar-refractivity contribution in [3.8, 4) is 0 Å². The van der Waals surface area contributed by atoms with Gasteiger partial charge in [0.15, 0.2) is 5.96 Å². The van der Waals surface area contributed by atoms with Crippen molar-refractivity contribution >= 4 is 51.8 Å². The molecule has 2 rings (SSSR count). The van der Waals surface area contributed by atoms with Gasteiger partial charge in [0.25, 0.3) is 0 Å². The summed E-state index contributed by atoms with van der Waals surface area (Å²) in [7, 11) is 0. The van der Waals surface area contributed by atoms with Crippen LogP contribution in [0.1, 0.15) is 32.3 Å². The van der Waals surface area contributed by atoms with Gasteiger partial charge in [-0.25, -0.2) is 4.99 Å². The average molecular weight is 509 g/mol. The van der Waals surface area contributed by atoms with Crippen molar-refractivity contribution < 1.29 is 4.79 Å². The van der Waals surface area contributed by atoms with E-state index in [0.29, 0.717) is 12.5 Å². The van der Waals surface area contributed by atoms with E-state index in [2.05, 4.69) is 55.1 Å². The van der Waals surface area contributed by atoms with Gasteiger partial charge in [-0.05, 0) is 44.4 Å². The maximum Gasteiger partial charge on any atom is 0.241 e. The van der Waals surface area contributed by atoms with Crippen LogP contribution in [-0.4, -0.2) is 38.0 Å². The van der Waals surface area contributed by atoms with Gasteiger partial charge in [0.2, 0.25) is 5.91 Å². The SMILES string of the molecule is CCNC(=O)CN=C(NCC)NCC1(c2cccc(Br)c2)CC1.I. The highest BCUT2D eigenvalue weighted by molar-refractivity contribution is 14.0. The molecular formula is C17H26BrIN4O. The second-order valence-electron chi connectivity index (χ2n) is 5.79. The van der Waals surface area contributed by atoms with E-state index in [1.807, 2.05) is 19.9 Å². The van der Waals surface area contributed by atoms with Crippen LogP contribution >= 0.6 is 39.9 Å². The molecule has 1 saturated carbocycles. The maximum atomic E-state index is 11.5. The molecule has 0 unspecified atom stereocenters. The molecule has 1 aromatic rings. The predicted octanol–water partition coefficient (Wildman–Crippen LogP) is 2.79. The van der Waals surface area contributed by atoms with Crippen LogP contribution in [-0.2, 0) is 10.2 Å². The summed E-state index contributed by atoms with van der Waals surface area (Å²) in [6.07, 6.45) is 2.35. The lowest BCUT2D eigenvalue weighted by atomic mass is 9.96. The minimum Gasteiger partial charge on any atom is -0.357 e. The first kappa shape index (κ1) is 21.2. The molecule has 24 heavy (non-hydrogen) atoms. The van der Waals surface area contributed by atoms with Crippen molar-refractivity contribution in [3.63, 3.8) is 0 Å². The molecule has 0 bridgehead atoms. The standard InChI is InChI=1S/C17H25BrN4O.HI/c1-3-19-15(23)11-21-16(20-4-2)22-12-17(8-9-17)13-6-5-7-14(18)10-13;/h5-7,10H,3-4,8-9,11-12H2,1-2H3,(H,19,23)(H2,20,21,22);1H. The number of carbonyl (C=O) groups excluding carboxylic acids is 1. The van der Waals surface area contributed by atoms with Crippen LogP contribution in [0.15, 0.2) is 33.7 Å². The van der Waals surface area contributed by atoms with Crippen LogP contribution in [0.2, 0.25) is 0 Å². The molecule has 0 spiro atoms. The normalized spacial score (nSPS) is 15.2. The van der Waals surface area contributed by atoms with Crippen LogP contribution in [0.5, 0.6) is 0 Å². The summed E-state index contributed by atoms with van der Waals surface area (Å²) in [6.45, 7) is 6.29. The highest BCUT2D eigenvalue weighted by atomic mass is 127. The first-order chi connectivity index (χ1) is 11.1. The summed E-state index contributed by atoms with van der Waals surface area (Å²) in [4.78, 5) is 15.9. The number of nitrogens with zero attached hydrogens (tertiary/aromatic N) is 1. The Morgan fingerprint density at radius 3 is 2.50 bits per heavy atom. The summed E-state index contributed by atoms with van der Waals surface area (Å²) >= 11 is 3.54. The van der Waals surface area contributed by atoms with Gasteiger partial charge in [-0.2, -0.15) is 0 Å². The molecule has 1 amide bonds. The van der Waals surface area contributed by atoms with Gasteiger partial charge in [0.05, 0.1) is 0 Å². The van der Waals surface area contributed by atoms with Crippen molar-refractivity contribution in [2.75, 3.05) is 26.2 Å². The molecule has 0 aliphatic heterocycles. The minimum atomic E-state index is -0.0576. The lowest BCUT2D eigenvalue weighted by Crippen LogP contribution is -2.42. The predicted molar refractivity (Wildman–Crippen MR) is 113 cm³/mol. The molecule has 0 heterocycles. The lowest BCUT2D eigenvalue weighted by Gasteiger charge is -2.19. The molecule has 7 heteroatoms. The van der Waals surface area contributed by atoms with Gasteiger partial charge in [-0.15, -0.1) is 24.0 Å². The van der Waals surface area contributed by atoms with E-state index in [4.69, 9.17) is 0 Å². The number of nitrogens with one attached hydrogen (secondary N) is 3. The van der Waals surface area contributed by atoms with Crippen LogP contribution in [0.25, 0.3) is 0 Å². The first-order valence-corrected chi connectivity index (χ1v) is 8.94. The number of hydrogen-bond acceptors (Lipinski definition) is 2. The smallest absolute Gasteiger partial charge is 0.241 e. The molecular weight excluding hydrogens is 483 g/mol. The number of likely N-dealkylation sites (N-methyl/N-ethyl adjacent to an activating group) is 1. The minimum absolute atomic E-state index is 0. The van der Waals surface area contributed by atoms with E-state index in [9.17, 15) is 4.79 Å². The molecule has 1 fully saturated rings. The number of carbonyl (C=O) groups is 1. The molecule has 1 aromatic carbocycles. The van der Waals surface area contributed by atoms with Crippen molar-refractivity contribution in [2.45, 2.75) is 32.1 Å². The van der Waals surface area contributed by atoms with E-state index in [1.165, 1.54) is 18.4 Å². The van der Waals surface area contributed by atoms with Crippen LogP contribution < -0.4 is 16.0 Å². The lowest BCUT2D eigenvalue weighted by molar-refractivity contribution is -0.119. The van der Waals surface area contributed by atoms with E-state index in [-0.39, 0.29) is 41.8 Å². The fourth-order valence-electron chi connectivity index (χ4n) is 2.54. The van der Waals surface area contributed by atoms with Gasteiger partial charge >= 0.3 is 0 Å². The summed E-state index contributed by atoms with van der Waals surface area (Å²) in [5.74, 6) is 0.637. The van der Waals surface area contributed by atoms with Gasteiger partial charge < -0.3 is 16.0 Å². The van der Waals surface area contributed by atoms with E-state index in [0.717, 1.165) is 17.6 Å². The number of guanidine groups is 1. The first-order valence-electron chi connectivity index (χ1n) is 8.14. The highest BCUT2D eigenvalue weighted by Gasteiger charge is 2.44. The molecule has 1 aliphatic carbocycles. The third-order valence-corrected chi connectivity index (χ3v) is 4.48. The fraction of sp³-hybridized carbons (Fsp3) is 0.529. The van der Waals surface area contributed by atoms with E-state index >= 15 is 0 Å². The van der Waals surface area contributed by atoms with Gasteiger partial charge in [0.1, 0.15) is 6.54 Å². The zero-order chi connectivity index (χ0) is 16.7. The number of rotatable bonds is 7. The Hall–Kier alpha value is -0.830. The fourth-order valence-corrected chi connectivity index (χ4v) is 2.93. The molecule has 134 valence electrons. The summed E-state index contributed by atoms with van der Waals surface area (Å²) < 4.78 is 1.11. The van der Waals surface area contributed by atoms with Crippen molar-refractivity contribution in [2.24, 2.45) is 4.99 Å². The highest BCUT2D eigenvalue weighted by Crippen LogP contribution is 2.48. The second kappa shape index (κ2) is 10.2. The molecule has 5 nitrogen and oxygen atoms in total. The molecule has 0 atom stereocenters. The van der Waals surface area contributed by atoms with Crippen molar-refractivity contribution in [3.05, 3.63) is 34.3 Å². The Balaban J connectivity index is 0.00000288. The monoisotopic (exact) mass is 508 g/mol. The zero-order valence-corrected chi connectivity index (χ0v) is 18.1. The van der Waals surface area contributed by atoms with E-state index in [1.54, 1.807) is 0 Å². The summed E-state index contributed by atoms with van der Waals surface area (Å²) in [6, 6.07) is 8.49. The van der Waals surface area contributed by atoms with E-state index < -0.39 is 0 Å². The number of amides is 1. The number of benzene rings is 1. The van der Waals surface area contributed by atoms with Gasteiger partial charge in [0, 0.05) is 29.5 Å². The third kappa shape index (κ3) is 6.23. The van der Waals surface area contributed by atoms with Crippen LogP contribution in [0.4, 0.5) is 0 Å². The Bertz CT molecular complexity index is 575. The van der Waals surface area contributed by atoms with Crippen molar-refractivity contribution in [1.82, 2.24) is 16.0 Å². The van der Waals surface area contributed by atoms with Gasteiger partial charge in [-0.1, -0.05) is 28.1 Å². The second-order valence-corrected chi connectivity index (χ2v) is 6.71. The number of halogens is 2. The number of aliphatic imine (C=N–C) groups is 1. The Labute approximate surface area is 169 Å². The largest absolute Gasteiger partial charge is 0.357 e. The zero-order valence-electron chi connectivity index (χ0n) is 14.2. The topological polar surface area (TPSA) is 65.5 Å². The Morgan fingerprint density at radius 2 is 1.92 bits per heavy atom. The third-order valence-electron chi connectivity index (χ3n) is 3.98. The number of hydrogen-bond donors (Lipinski definition) is 3. The quantitative estimate of drug-likeness (QED) is 0.301. The molecule has 3 N–H and O–H groups in total. The molecule has 0 aromatic heterocycles. The van der Waals surface area contributed by atoms with Crippen molar-refractivity contribution in [1.29, 1.82) is 0 Å². The van der Waals surface area contributed by atoms with Gasteiger partial charge in [-0.3, -0.25) is 4.79 Å². The Kier molecular flexibility index (Phi) is 9.04. The summed E-state index contributed by atoms with van der Waals surface area (Å²) in [5, 5.41) is 9.33. The average Bonchev–Trinajstić information content (AvgIpc) is 3.32. The van der Waals surface area contributed by atoms with Crippen LogP contribution in [0, 0.1) is 0 Å². The maximum absolute atomic E-state index is 11.5. The summed E-state index contributed by atoms with van der Waals surface area (Å²) in [5.41, 5.74) is 1.53. The molecule has 1 aliphatic rings. The molecule has 0 radical (unpaired) electrons. The Morgan fingerprint density at radius 1 is 1.21 bits per heavy atom.